The molecule has 1 fully saturated rings. The molecule has 3 N–H and O–H groups in total. The van der Waals surface area contributed by atoms with Crippen molar-refractivity contribution in [3.8, 4) is 11.5 Å². The van der Waals surface area contributed by atoms with Crippen LogP contribution >= 0.6 is 11.6 Å². The summed E-state index contributed by atoms with van der Waals surface area (Å²) >= 11 is 6.05. The summed E-state index contributed by atoms with van der Waals surface area (Å²) in [4.78, 5) is 14.0. The molecule has 0 radical (unpaired) electrons. The third-order valence-corrected chi connectivity index (χ3v) is 7.36. The van der Waals surface area contributed by atoms with Crippen molar-refractivity contribution in [1.29, 1.82) is 0 Å². The smallest absolute Gasteiger partial charge is 0.337 e. The lowest BCUT2D eigenvalue weighted by Crippen LogP contribution is -2.37. The number of carboxylic acid groups (broad SMARTS) is 1. The Bertz CT molecular complexity index is 1240. The number of fused-ring (bicyclic) bond motifs is 1. The second kappa shape index (κ2) is 10.9. The van der Waals surface area contributed by atoms with E-state index >= 15 is 0 Å². The molecule has 3 aromatic rings. The SMILES string of the molecule is O=C(O)c1cc(Oc2ccc3c(c2)C[C@@H](NC[C@H](O)c2cccc(Cl)c2)CC3)ccc1N1CCCC1. The molecule has 1 aliphatic carbocycles. The minimum absolute atomic E-state index is 0.250. The Labute approximate surface area is 216 Å². The number of carbonyl (C=O) groups is 1. The summed E-state index contributed by atoms with van der Waals surface area (Å²) in [5.41, 5.74) is 4.34. The number of ether oxygens (including phenoxy) is 1. The molecule has 36 heavy (non-hydrogen) atoms. The van der Waals surface area contributed by atoms with Crippen molar-refractivity contribution in [3.63, 3.8) is 0 Å². The van der Waals surface area contributed by atoms with Gasteiger partial charge >= 0.3 is 5.97 Å². The van der Waals surface area contributed by atoms with E-state index in [-0.39, 0.29) is 11.6 Å². The number of nitrogens with one attached hydrogen (secondary N) is 1. The van der Waals surface area contributed by atoms with Crippen LogP contribution in [0.5, 0.6) is 11.5 Å². The first-order chi connectivity index (χ1) is 17.5. The van der Waals surface area contributed by atoms with Crippen LogP contribution in [0.25, 0.3) is 0 Å². The third-order valence-electron chi connectivity index (χ3n) is 7.12. The number of hydrogen-bond donors (Lipinski definition) is 3. The Kier molecular flexibility index (Phi) is 7.46. The summed E-state index contributed by atoms with van der Waals surface area (Å²) in [6.07, 6.45) is 4.34. The molecule has 7 heteroatoms. The first kappa shape index (κ1) is 24.6. The second-order valence-electron chi connectivity index (χ2n) is 9.63. The van der Waals surface area contributed by atoms with E-state index in [1.807, 2.05) is 36.4 Å². The van der Waals surface area contributed by atoms with Gasteiger partial charge in [-0.2, -0.15) is 0 Å². The van der Waals surface area contributed by atoms with Crippen molar-refractivity contribution in [2.24, 2.45) is 0 Å². The van der Waals surface area contributed by atoms with Crippen LogP contribution < -0.4 is 15.0 Å². The maximum Gasteiger partial charge on any atom is 0.337 e. The molecule has 3 aromatic carbocycles. The predicted molar refractivity (Wildman–Crippen MR) is 142 cm³/mol. The van der Waals surface area contributed by atoms with Gasteiger partial charge in [-0.3, -0.25) is 0 Å². The molecular weight excluding hydrogens is 476 g/mol. The summed E-state index contributed by atoms with van der Waals surface area (Å²) in [7, 11) is 0. The topological polar surface area (TPSA) is 82.0 Å². The summed E-state index contributed by atoms with van der Waals surface area (Å²) in [6, 6.07) is 19.0. The van der Waals surface area contributed by atoms with Crippen molar-refractivity contribution in [2.75, 3.05) is 24.5 Å². The van der Waals surface area contributed by atoms with Crippen molar-refractivity contribution >= 4 is 23.3 Å². The zero-order chi connectivity index (χ0) is 25.1. The number of aromatic carboxylic acids is 1. The lowest BCUT2D eigenvalue weighted by molar-refractivity contribution is 0.0697. The monoisotopic (exact) mass is 506 g/mol. The van der Waals surface area contributed by atoms with Gasteiger partial charge in [-0.25, -0.2) is 4.79 Å². The molecule has 0 aromatic heterocycles. The van der Waals surface area contributed by atoms with Crippen molar-refractivity contribution in [3.05, 3.63) is 87.9 Å². The molecule has 6 nitrogen and oxygen atoms in total. The van der Waals surface area contributed by atoms with Crippen molar-refractivity contribution in [2.45, 2.75) is 44.2 Å². The number of aliphatic hydroxyl groups excluding tert-OH is 1. The van der Waals surface area contributed by atoms with E-state index in [9.17, 15) is 15.0 Å². The Morgan fingerprint density at radius 2 is 1.83 bits per heavy atom. The van der Waals surface area contributed by atoms with Crippen LogP contribution in [0.1, 0.15) is 52.4 Å². The molecule has 0 unspecified atom stereocenters. The van der Waals surface area contributed by atoms with Gasteiger partial charge in [0.25, 0.3) is 0 Å². The number of aliphatic hydroxyl groups is 1. The highest BCUT2D eigenvalue weighted by molar-refractivity contribution is 6.30. The number of rotatable bonds is 8. The Morgan fingerprint density at radius 3 is 2.61 bits per heavy atom. The maximum atomic E-state index is 11.9. The van der Waals surface area contributed by atoms with Gasteiger partial charge in [0.2, 0.25) is 0 Å². The molecule has 2 atom stereocenters. The fourth-order valence-electron chi connectivity index (χ4n) is 5.20. The van der Waals surface area contributed by atoms with Crippen LogP contribution in [-0.2, 0) is 12.8 Å². The third kappa shape index (κ3) is 5.67. The first-order valence-corrected chi connectivity index (χ1v) is 12.9. The number of nitrogens with zero attached hydrogens (tertiary/aromatic N) is 1. The molecule has 0 saturated carbocycles. The van der Waals surface area contributed by atoms with Crippen molar-refractivity contribution in [1.82, 2.24) is 5.32 Å². The van der Waals surface area contributed by atoms with Gasteiger partial charge in [-0.05, 0) is 91.3 Å². The number of benzene rings is 3. The van der Waals surface area contributed by atoms with E-state index < -0.39 is 12.1 Å². The van der Waals surface area contributed by atoms with E-state index in [2.05, 4.69) is 16.3 Å². The molecule has 1 saturated heterocycles. The summed E-state index contributed by atoms with van der Waals surface area (Å²) in [6.45, 7) is 2.23. The molecule has 2 aliphatic rings. The van der Waals surface area contributed by atoms with Gasteiger partial charge in [0, 0.05) is 30.7 Å². The zero-order valence-electron chi connectivity index (χ0n) is 20.1. The Balaban J connectivity index is 1.25. The standard InChI is InChI=1S/C29H31ClN2O4/c30-22-5-3-4-20(14-22)28(33)18-31-23-8-6-19-7-9-24(16-21(19)15-23)36-25-10-11-27(26(17-25)29(34)35)32-12-1-2-13-32/h3-5,7,9-11,14,16-17,23,28,31,33H,1-2,6,8,12-13,15,18H2,(H,34,35)/t23-,28-/m0/s1. The highest BCUT2D eigenvalue weighted by atomic mass is 35.5. The largest absolute Gasteiger partial charge is 0.478 e. The van der Waals surface area contributed by atoms with Gasteiger partial charge in [0.05, 0.1) is 17.4 Å². The fourth-order valence-corrected chi connectivity index (χ4v) is 5.40. The van der Waals surface area contributed by atoms with E-state index in [1.165, 1.54) is 11.1 Å². The quantitative estimate of drug-likeness (QED) is 0.368. The van der Waals surface area contributed by atoms with Gasteiger partial charge in [-0.15, -0.1) is 0 Å². The number of hydrogen-bond acceptors (Lipinski definition) is 5. The molecule has 188 valence electrons. The lowest BCUT2D eigenvalue weighted by Gasteiger charge is -2.27. The van der Waals surface area contributed by atoms with E-state index in [4.69, 9.17) is 16.3 Å². The van der Waals surface area contributed by atoms with Crippen LogP contribution in [0.4, 0.5) is 5.69 Å². The molecular formula is C29H31ClN2O4. The molecule has 0 bridgehead atoms. The molecule has 0 spiro atoms. The number of carboxylic acids is 1. The van der Waals surface area contributed by atoms with Crippen LogP contribution in [0, 0.1) is 0 Å². The zero-order valence-corrected chi connectivity index (χ0v) is 20.9. The van der Waals surface area contributed by atoms with E-state index in [0.717, 1.165) is 56.4 Å². The van der Waals surface area contributed by atoms with Crippen LogP contribution in [0.2, 0.25) is 5.02 Å². The first-order valence-electron chi connectivity index (χ1n) is 12.5. The van der Waals surface area contributed by atoms with Crippen LogP contribution in [-0.4, -0.2) is 41.9 Å². The highest BCUT2D eigenvalue weighted by Gasteiger charge is 2.22. The number of aryl methyl sites for hydroxylation is 1. The number of halogens is 1. The second-order valence-corrected chi connectivity index (χ2v) is 10.1. The summed E-state index contributed by atoms with van der Waals surface area (Å²) in [5, 5.41) is 24.4. The average Bonchev–Trinajstić information content (AvgIpc) is 3.42. The van der Waals surface area contributed by atoms with Gasteiger partial charge < -0.3 is 25.2 Å². The summed E-state index contributed by atoms with van der Waals surface area (Å²) < 4.78 is 6.10. The van der Waals surface area contributed by atoms with Crippen molar-refractivity contribution < 1.29 is 19.7 Å². The van der Waals surface area contributed by atoms with Crippen LogP contribution in [0.3, 0.4) is 0 Å². The normalized spacial score (nSPS) is 18.1. The fraction of sp³-hybridized carbons (Fsp3) is 0.345. The van der Waals surface area contributed by atoms with Crippen LogP contribution in [0.15, 0.2) is 60.7 Å². The minimum Gasteiger partial charge on any atom is -0.478 e. The Morgan fingerprint density at radius 1 is 1.06 bits per heavy atom. The Hall–Kier alpha value is -3.06. The van der Waals surface area contributed by atoms with Gasteiger partial charge in [0.1, 0.15) is 11.5 Å². The molecule has 1 aliphatic heterocycles. The average molecular weight is 507 g/mol. The van der Waals surface area contributed by atoms with Gasteiger partial charge in [0.15, 0.2) is 0 Å². The summed E-state index contributed by atoms with van der Waals surface area (Å²) in [5.74, 6) is 0.269. The van der Waals surface area contributed by atoms with Gasteiger partial charge in [-0.1, -0.05) is 29.8 Å². The highest BCUT2D eigenvalue weighted by Crippen LogP contribution is 2.33. The maximum absolute atomic E-state index is 11.9. The molecule has 0 amide bonds. The lowest BCUT2D eigenvalue weighted by atomic mass is 9.88. The van der Waals surface area contributed by atoms with E-state index in [1.54, 1.807) is 18.2 Å². The predicted octanol–water partition coefficient (Wildman–Crippen LogP) is 5.61. The minimum atomic E-state index is -0.943. The van der Waals surface area contributed by atoms with E-state index in [0.29, 0.717) is 23.1 Å². The molecule has 1 heterocycles. The molecule has 5 rings (SSSR count). The number of anilines is 1.